The summed E-state index contributed by atoms with van der Waals surface area (Å²) >= 11 is 24.5. The predicted octanol–water partition coefficient (Wildman–Crippen LogP) is 10.4. The average Bonchev–Trinajstić information content (AvgIpc) is 4.08. The Bertz CT molecular complexity index is 2560. The highest BCUT2D eigenvalue weighted by Crippen LogP contribution is 2.44. The van der Waals surface area contributed by atoms with Gasteiger partial charge in [-0.05, 0) is 118 Å². The lowest BCUT2D eigenvalue weighted by molar-refractivity contribution is -0.147. The number of rotatable bonds is 23. The molecule has 0 spiro atoms. The summed E-state index contributed by atoms with van der Waals surface area (Å²) in [5.41, 5.74) is 7.73. The van der Waals surface area contributed by atoms with Crippen LogP contribution in [-0.4, -0.2) is 80.9 Å². The van der Waals surface area contributed by atoms with Crippen molar-refractivity contribution >= 4 is 99.3 Å². The van der Waals surface area contributed by atoms with Gasteiger partial charge in [-0.1, -0.05) is 121 Å². The standard InChI is InChI=1S/C29H35Cl2N3O5.C27H33Cl2N3O4/c1-19(35)32-17-6-5-16-29(14-3-4-15-29)28(38)34-24(27(37)39-2)18-20-10-12-21(13-11-20)33-26(36)25-22(30)8-7-9-23(25)31;1-36-25(34)22(32-26(35)27(13-2-3-14-27)15-4-5-16-30)17-18-9-11-19(12-10-18)31-24(33)23-20(28)7-6-8-21(23)29/h7-13,24H,3-6,14-18H2,1-2H3,(H,32,35)(H,33,36)(H,34,38);6-12,22H,2-5,13-17,30H2,1H3,(H,31,33)(H,32,35). The van der Waals surface area contributed by atoms with E-state index in [1.165, 1.54) is 21.1 Å². The molecule has 4 aromatic carbocycles. The van der Waals surface area contributed by atoms with E-state index in [9.17, 15) is 33.6 Å². The molecule has 404 valence electrons. The SMILES string of the molecule is COC(=O)C(Cc1ccc(NC(=O)c2c(Cl)cccc2Cl)cc1)NC(=O)C1(CCCCN)CCCC1.COC(=O)C(Cc1ccc(NC(=O)c2c(Cl)cccc2Cl)cc1)NC(=O)C1(CCCCNC(C)=O)CCCC1. The van der Waals surface area contributed by atoms with Crippen LogP contribution in [-0.2, 0) is 46.3 Å². The zero-order chi connectivity index (χ0) is 54.5. The molecule has 6 rings (SSSR count). The van der Waals surface area contributed by atoms with Gasteiger partial charge >= 0.3 is 11.9 Å². The highest BCUT2D eigenvalue weighted by molar-refractivity contribution is 6.41. The number of nitrogens with one attached hydrogen (secondary N) is 5. The Kier molecular flexibility index (Phi) is 23.7. The number of benzene rings is 4. The summed E-state index contributed by atoms with van der Waals surface area (Å²) in [6, 6.07) is 22.1. The van der Waals surface area contributed by atoms with Crippen LogP contribution in [0.2, 0.25) is 20.1 Å². The van der Waals surface area contributed by atoms with E-state index in [1.54, 1.807) is 84.9 Å². The average molecular weight is 1110 g/mol. The van der Waals surface area contributed by atoms with Gasteiger partial charge in [0.2, 0.25) is 17.7 Å². The Morgan fingerprint density at radius 1 is 0.547 bits per heavy atom. The molecule has 4 aromatic rings. The smallest absolute Gasteiger partial charge is 0.328 e. The molecule has 2 fully saturated rings. The number of methoxy groups -OCH3 is 2. The third kappa shape index (κ3) is 17.4. The van der Waals surface area contributed by atoms with E-state index in [0.717, 1.165) is 94.6 Å². The first-order chi connectivity index (χ1) is 35.9. The number of amides is 5. The second kappa shape index (κ2) is 29.6. The fourth-order valence-corrected chi connectivity index (χ4v) is 10.9. The quantitative estimate of drug-likeness (QED) is 0.0304. The first-order valence-corrected chi connectivity index (χ1v) is 26.9. The van der Waals surface area contributed by atoms with Crippen LogP contribution in [0, 0.1) is 10.8 Å². The topological polar surface area (TPSA) is 224 Å². The molecule has 2 saturated carbocycles. The summed E-state index contributed by atoms with van der Waals surface area (Å²) in [4.78, 5) is 88.3. The van der Waals surface area contributed by atoms with Crippen molar-refractivity contribution in [1.29, 1.82) is 0 Å². The summed E-state index contributed by atoms with van der Waals surface area (Å²) in [5.74, 6) is -2.16. The predicted molar refractivity (Wildman–Crippen MR) is 294 cm³/mol. The lowest BCUT2D eigenvalue weighted by atomic mass is 9.79. The van der Waals surface area contributed by atoms with Crippen molar-refractivity contribution < 1.29 is 43.0 Å². The number of unbranched alkanes of at least 4 members (excludes halogenated alkanes) is 2. The lowest BCUT2D eigenvalue weighted by Crippen LogP contribution is -2.49. The van der Waals surface area contributed by atoms with Gasteiger partial charge in [-0.15, -0.1) is 0 Å². The second-order valence-electron chi connectivity index (χ2n) is 19.2. The van der Waals surface area contributed by atoms with Crippen LogP contribution in [0.3, 0.4) is 0 Å². The number of hydrogen-bond donors (Lipinski definition) is 6. The Hall–Kier alpha value is -5.71. The van der Waals surface area contributed by atoms with Crippen LogP contribution in [0.25, 0.3) is 0 Å². The molecule has 19 heteroatoms. The molecule has 0 heterocycles. The van der Waals surface area contributed by atoms with E-state index in [-0.39, 0.29) is 61.8 Å². The fourth-order valence-electron chi connectivity index (χ4n) is 9.78. The van der Waals surface area contributed by atoms with Crippen molar-refractivity contribution in [2.24, 2.45) is 16.6 Å². The number of esters is 2. The molecule has 75 heavy (non-hydrogen) atoms. The number of halogens is 4. The second-order valence-corrected chi connectivity index (χ2v) is 20.8. The van der Waals surface area contributed by atoms with Gasteiger partial charge in [-0.3, -0.25) is 24.0 Å². The largest absolute Gasteiger partial charge is 0.467 e. The minimum atomic E-state index is -0.846. The normalized spacial score (nSPS) is 15.0. The molecule has 2 atom stereocenters. The molecule has 15 nitrogen and oxygen atoms in total. The summed E-state index contributed by atoms with van der Waals surface area (Å²) in [7, 11) is 2.61. The van der Waals surface area contributed by atoms with Crippen LogP contribution >= 0.6 is 46.4 Å². The van der Waals surface area contributed by atoms with Gasteiger partial charge in [0.1, 0.15) is 12.1 Å². The zero-order valence-corrected chi connectivity index (χ0v) is 45.8. The van der Waals surface area contributed by atoms with Crippen molar-refractivity contribution in [3.05, 3.63) is 127 Å². The van der Waals surface area contributed by atoms with Crippen LogP contribution < -0.4 is 32.3 Å². The van der Waals surface area contributed by atoms with Gasteiger partial charge in [0, 0.05) is 48.5 Å². The molecule has 0 aromatic heterocycles. The molecule has 0 radical (unpaired) electrons. The van der Waals surface area contributed by atoms with E-state index in [0.29, 0.717) is 30.9 Å². The third-order valence-electron chi connectivity index (χ3n) is 13.9. The minimum Gasteiger partial charge on any atom is -0.467 e. The zero-order valence-electron chi connectivity index (χ0n) is 42.7. The van der Waals surface area contributed by atoms with Crippen molar-refractivity contribution in [1.82, 2.24) is 16.0 Å². The summed E-state index contributed by atoms with van der Waals surface area (Å²) in [6.07, 6.45) is 12.5. The number of carbonyl (C=O) groups is 7. The fraction of sp³-hybridized carbons (Fsp3) is 0.446. The van der Waals surface area contributed by atoms with Crippen LogP contribution in [0.15, 0.2) is 84.9 Å². The van der Waals surface area contributed by atoms with Crippen molar-refractivity contribution in [3.63, 3.8) is 0 Å². The molecule has 0 bridgehead atoms. The van der Waals surface area contributed by atoms with Crippen molar-refractivity contribution in [2.75, 3.05) is 37.9 Å². The monoisotopic (exact) mass is 1110 g/mol. The molecule has 0 saturated heterocycles. The number of carbonyl (C=O) groups excluding carboxylic acids is 7. The van der Waals surface area contributed by atoms with E-state index in [1.807, 2.05) is 0 Å². The van der Waals surface area contributed by atoms with Gasteiger partial charge in [-0.2, -0.15) is 0 Å². The molecular formula is C56H68Cl4N6O9. The van der Waals surface area contributed by atoms with Crippen molar-refractivity contribution in [3.8, 4) is 0 Å². The highest BCUT2D eigenvalue weighted by Gasteiger charge is 2.43. The molecule has 5 amide bonds. The van der Waals surface area contributed by atoms with E-state index < -0.39 is 46.7 Å². The van der Waals surface area contributed by atoms with Crippen LogP contribution in [0.4, 0.5) is 11.4 Å². The summed E-state index contributed by atoms with van der Waals surface area (Å²) < 4.78 is 9.96. The Morgan fingerprint density at radius 3 is 1.24 bits per heavy atom. The Labute approximate surface area is 459 Å². The molecule has 0 aliphatic heterocycles. The van der Waals surface area contributed by atoms with Gasteiger partial charge in [0.15, 0.2) is 0 Å². The molecule has 2 aliphatic carbocycles. The maximum absolute atomic E-state index is 13.5. The number of ether oxygens (including phenoxy) is 2. The minimum absolute atomic E-state index is 0.0651. The van der Waals surface area contributed by atoms with Gasteiger partial charge in [0.25, 0.3) is 11.8 Å². The van der Waals surface area contributed by atoms with Gasteiger partial charge in [0.05, 0.1) is 45.4 Å². The van der Waals surface area contributed by atoms with Gasteiger partial charge in [-0.25, -0.2) is 9.59 Å². The number of nitrogens with two attached hydrogens (primary N) is 1. The van der Waals surface area contributed by atoms with Crippen LogP contribution in [0.5, 0.6) is 0 Å². The van der Waals surface area contributed by atoms with Gasteiger partial charge < -0.3 is 41.8 Å². The van der Waals surface area contributed by atoms with E-state index >= 15 is 0 Å². The van der Waals surface area contributed by atoms with E-state index in [4.69, 9.17) is 61.6 Å². The van der Waals surface area contributed by atoms with Crippen molar-refractivity contribution in [2.45, 2.75) is 122 Å². The highest BCUT2D eigenvalue weighted by atomic mass is 35.5. The maximum atomic E-state index is 13.5. The van der Waals surface area contributed by atoms with Crippen LogP contribution in [0.1, 0.15) is 129 Å². The molecular weight excluding hydrogens is 1040 g/mol. The molecule has 2 aliphatic rings. The Morgan fingerprint density at radius 2 is 0.907 bits per heavy atom. The maximum Gasteiger partial charge on any atom is 0.328 e. The summed E-state index contributed by atoms with van der Waals surface area (Å²) in [6.45, 7) is 2.67. The van der Waals surface area contributed by atoms with E-state index in [2.05, 4.69) is 26.6 Å². The first-order valence-electron chi connectivity index (χ1n) is 25.4. The molecule has 7 N–H and O–H groups in total. The number of hydrogen-bond acceptors (Lipinski definition) is 10. The first kappa shape index (κ1) is 60.2. The Balaban J connectivity index is 0.000000278. The summed E-state index contributed by atoms with van der Waals surface area (Å²) in [5, 5.41) is 15.3. The number of anilines is 2. The third-order valence-corrected chi connectivity index (χ3v) is 15.2. The molecule has 2 unspecified atom stereocenters. The lowest BCUT2D eigenvalue weighted by Gasteiger charge is -2.30.